The molecule has 0 saturated heterocycles. The second kappa shape index (κ2) is 5.75. The molecule has 0 radical (unpaired) electrons. The number of rotatable bonds is 2. The minimum absolute atomic E-state index is 0. The van der Waals surface area contributed by atoms with Crippen molar-refractivity contribution < 1.29 is 8.78 Å². The molecule has 0 saturated carbocycles. The van der Waals surface area contributed by atoms with Crippen molar-refractivity contribution in [1.29, 1.82) is 0 Å². The molecule has 0 aliphatic heterocycles. The Kier molecular flexibility index (Phi) is 4.61. The Morgan fingerprint density at radius 2 is 1.00 bits per heavy atom. The zero-order chi connectivity index (χ0) is 11.5. The summed E-state index contributed by atoms with van der Waals surface area (Å²) in [6.07, 6.45) is 0. The van der Waals surface area contributed by atoms with Crippen LogP contribution >= 0.6 is 12.4 Å². The number of halogens is 3. The highest BCUT2D eigenvalue weighted by molar-refractivity contribution is 5.85. The van der Waals surface area contributed by atoms with Gasteiger partial charge in [-0.05, 0) is 35.4 Å². The van der Waals surface area contributed by atoms with E-state index in [4.69, 9.17) is 5.73 Å². The SMILES string of the molecule is Cl.NC(c1ccc(F)cc1)c1ccc(F)cc1. The monoisotopic (exact) mass is 255 g/mol. The van der Waals surface area contributed by atoms with Gasteiger partial charge in [0, 0.05) is 0 Å². The molecule has 2 aromatic carbocycles. The van der Waals surface area contributed by atoms with Gasteiger partial charge < -0.3 is 5.73 Å². The van der Waals surface area contributed by atoms with Crippen molar-refractivity contribution in [3.8, 4) is 0 Å². The molecule has 0 spiro atoms. The third kappa shape index (κ3) is 3.25. The van der Waals surface area contributed by atoms with Crippen LogP contribution in [0.4, 0.5) is 8.78 Å². The third-order valence-corrected chi connectivity index (χ3v) is 2.46. The van der Waals surface area contributed by atoms with Crippen molar-refractivity contribution in [3.63, 3.8) is 0 Å². The lowest BCUT2D eigenvalue weighted by Gasteiger charge is -2.12. The lowest BCUT2D eigenvalue weighted by molar-refractivity contribution is 0.625. The lowest BCUT2D eigenvalue weighted by Crippen LogP contribution is -2.11. The van der Waals surface area contributed by atoms with E-state index in [-0.39, 0.29) is 30.1 Å². The fraction of sp³-hybridized carbons (Fsp3) is 0.0769. The van der Waals surface area contributed by atoms with Crippen LogP contribution in [-0.2, 0) is 0 Å². The second-order valence-electron chi connectivity index (χ2n) is 3.58. The van der Waals surface area contributed by atoms with Crippen molar-refractivity contribution in [3.05, 3.63) is 71.3 Å². The maximum Gasteiger partial charge on any atom is 0.123 e. The van der Waals surface area contributed by atoms with E-state index in [1.54, 1.807) is 24.3 Å². The van der Waals surface area contributed by atoms with Crippen molar-refractivity contribution in [2.75, 3.05) is 0 Å². The molecule has 0 aliphatic carbocycles. The van der Waals surface area contributed by atoms with Crippen molar-refractivity contribution >= 4 is 12.4 Å². The maximum atomic E-state index is 12.7. The smallest absolute Gasteiger partial charge is 0.123 e. The fourth-order valence-electron chi connectivity index (χ4n) is 1.53. The summed E-state index contributed by atoms with van der Waals surface area (Å²) in [5.41, 5.74) is 7.57. The largest absolute Gasteiger partial charge is 0.320 e. The minimum atomic E-state index is -0.360. The number of benzene rings is 2. The molecule has 4 heteroatoms. The van der Waals surface area contributed by atoms with Gasteiger partial charge >= 0.3 is 0 Å². The number of nitrogens with two attached hydrogens (primary N) is 1. The highest BCUT2D eigenvalue weighted by atomic mass is 35.5. The molecular weight excluding hydrogens is 244 g/mol. The van der Waals surface area contributed by atoms with Gasteiger partial charge in [-0.25, -0.2) is 8.78 Å². The Morgan fingerprint density at radius 3 is 1.29 bits per heavy atom. The molecule has 2 N–H and O–H groups in total. The van der Waals surface area contributed by atoms with Gasteiger partial charge in [-0.1, -0.05) is 24.3 Å². The first-order valence-electron chi connectivity index (χ1n) is 4.93. The molecule has 0 atom stereocenters. The highest BCUT2D eigenvalue weighted by Crippen LogP contribution is 2.19. The summed E-state index contributed by atoms with van der Waals surface area (Å²) in [6.45, 7) is 0. The summed E-state index contributed by atoms with van der Waals surface area (Å²) in [7, 11) is 0. The summed E-state index contributed by atoms with van der Waals surface area (Å²) in [5, 5.41) is 0. The second-order valence-corrected chi connectivity index (χ2v) is 3.58. The van der Waals surface area contributed by atoms with E-state index in [9.17, 15) is 8.78 Å². The molecule has 0 fully saturated rings. The van der Waals surface area contributed by atoms with Gasteiger partial charge in [-0.3, -0.25) is 0 Å². The van der Waals surface area contributed by atoms with E-state index in [0.29, 0.717) is 0 Å². The summed E-state index contributed by atoms with van der Waals surface area (Å²) >= 11 is 0. The maximum absolute atomic E-state index is 12.7. The Balaban J connectivity index is 0.00000144. The van der Waals surface area contributed by atoms with Gasteiger partial charge in [0.1, 0.15) is 11.6 Å². The molecule has 0 aromatic heterocycles. The average molecular weight is 256 g/mol. The van der Waals surface area contributed by atoms with E-state index in [1.807, 2.05) is 0 Å². The first-order chi connectivity index (χ1) is 7.66. The van der Waals surface area contributed by atoms with Crippen molar-refractivity contribution in [2.45, 2.75) is 6.04 Å². The summed E-state index contributed by atoms with van der Waals surface area (Å²) in [6, 6.07) is 11.6. The Hall–Kier alpha value is -1.45. The van der Waals surface area contributed by atoms with E-state index >= 15 is 0 Å². The number of hydrogen-bond donors (Lipinski definition) is 1. The lowest BCUT2D eigenvalue weighted by atomic mass is 10.00. The molecule has 0 bridgehead atoms. The van der Waals surface area contributed by atoms with Gasteiger partial charge in [0.25, 0.3) is 0 Å². The van der Waals surface area contributed by atoms with Crippen LogP contribution in [0.3, 0.4) is 0 Å². The van der Waals surface area contributed by atoms with Crippen LogP contribution in [0.5, 0.6) is 0 Å². The summed E-state index contributed by atoms with van der Waals surface area (Å²) < 4.78 is 25.4. The molecule has 90 valence electrons. The van der Waals surface area contributed by atoms with Gasteiger partial charge in [0.2, 0.25) is 0 Å². The average Bonchev–Trinajstić information content (AvgIpc) is 2.30. The molecule has 17 heavy (non-hydrogen) atoms. The third-order valence-electron chi connectivity index (χ3n) is 2.46. The normalized spacial score (nSPS) is 10.1. The first kappa shape index (κ1) is 13.6. The quantitative estimate of drug-likeness (QED) is 0.874. The van der Waals surface area contributed by atoms with E-state index in [2.05, 4.69) is 0 Å². The van der Waals surface area contributed by atoms with Gasteiger partial charge in [0.15, 0.2) is 0 Å². The zero-order valence-electron chi connectivity index (χ0n) is 8.94. The Morgan fingerprint density at radius 1 is 0.706 bits per heavy atom. The summed E-state index contributed by atoms with van der Waals surface area (Å²) in [5.74, 6) is -0.592. The fourth-order valence-corrected chi connectivity index (χ4v) is 1.53. The molecule has 2 aromatic rings. The summed E-state index contributed by atoms with van der Waals surface area (Å²) in [4.78, 5) is 0. The first-order valence-corrected chi connectivity index (χ1v) is 4.93. The Bertz CT molecular complexity index is 422. The standard InChI is InChI=1S/C13H11F2N.ClH/c14-11-5-1-9(2-6-11)13(16)10-3-7-12(15)8-4-10;/h1-8,13H,16H2;1H. The molecule has 2 rings (SSSR count). The minimum Gasteiger partial charge on any atom is -0.320 e. The van der Waals surface area contributed by atoms with Gasteiger partial charge in [-0.15, -0.1) is 12.4 Å². The van der Waals surface area contributed by atoms with E-state index in [0.717, 1.165) is 11.1 Å². The predicted octanol–water partition coefficient (Wildman–Crippen LogP) is 3.43. The molecule has 0 amide bonds. The van der Waals surface area contributed by atoms with Crippen molar-refractivity contribution in [2.24, 2.45) is 5.73 Å². The molecule has 0 unspecified atom stereocenters. The van der Waals surface area contributed by atoms with E-state index in [1.165, 1.54) is 24.3 Å². The van der Waals surface area contributed by atoms with Crippen LogP contribution in [0.15, 0.2) is 48.5 Å². The molecule has 1 nitrogen and oxygen atoms in total. The van der Waals surface area contributed by atoms with Crippen LogP contribution in [0, 0.1) is 11.6 Å². The van der Waals surface area contributed by atoms with Crippen LogP contribution in [0.25, 0.3) is 0 Å². The molecule has 0 aliphatic rings. The van der Waals surface area contributed by atoms with Crippen LogP contribution in [0.2, 0.25) is 0 Å². The molecule has 0 heterocycles. The van der Waals surface area contributed by atoms with E-state index < -0.39 is 0 Å². The van der Waals surface area contributed by atoms with Crippen LogP contribution in [0.1, 0.15) is 17.2 Å². The highest BCUT2D eigenvalue weighted by Gasteiger charge is 2.08. The zero-order valence-corrected chi connectivity index (χ0v) is 9.75. The number of hydrogen-bond acceptors (Lipinski definition) is 1. The van der Waals surface area contributed by atoms with Crippen LogP contribution in [-0.4, -0.2) is 0 Å². The Labute approximate surface area is 105 Å². The van der Waals surface area contributed by atoms with Gasteiger partial charge in [-0.2, -0.15) is 0 Å². The molecular formula is C13H12ClF2N. The van der Waals surface area contributed by atoms with Crippen molar-refractivity contribution in [1.82, 2.24) is 0 Å². The van der Waals surface area contributed by atoms with Gasteiger partial charge in [0.05, 0.1) is 6.04 Å². The topological polar surface area (TPSA) is 26.0 Å². The predicted molar refractivity (Wildman–Crippen MR) is 66.1 cm³/mol. The van der Waals surface area contributed by atoms with Crippen LogP contribution < -0.4 is 5.73 Å².